The number of halogens is 2. The molecule has 1 aliphatic rings. The summed E-state index contributed by atoms with van der Waals surface area (Å²) in [5, 5.41) is 10.1. The van der Waals surface area contributed by atoms with Crippen LogP contribution in [0.3, 0.4) is 0 Å². The molecule has 2 N–H and O–H groups in total. The Balaban J connectivity index is 1.90. The van der Waals surface area contributed by atoms with Crippen molar-refractivity contribution in [2.45, 2.75) is 25.9 Å². The fourth-order valence-electron chi connectivity index (χ4n) is 2.72. The zero-order valence-corrected chi connectivity index (χ0v) is 11.9. The summed E-state index contributed by atoms with van der Waals surface area (Å²) in [6.07, 6.45) is 0. The van der Waals surface area contributed by atoms with Crippen LogP contribution < -0.4 is 10.2 Å². The van der Waals surface area contributed by atoms with Gasteiger partial charge in [-0.2, -0.15) is 4.98 Å². The van der Waals surface area contributed by atoms with Gasteiger partial charge in [0.15, 0.2) is 5.82 Å². The maximum Gasteiger partial charge on any atom is 0.245 e. The predicted molar refractivity (Wildman–Crippen MR) is 76.0 cm³/mol. The summed E-state index contributed by atoms with van der Waals surface area (Å²) in [5.74, 6) is -0.730. The maximum absolute atomic E-state index is 13.8. The molecule has 2 unspecified atom stereocenters. The lowest BCUT2D eigenvalue weighted by Crippen LogP contribution is -2.54. The van der Waals surface area contributed by atoms with Crippen molar-refractivity contribution < 1.29 is 8.78 Å². The smallest absolute Gasteiger partial charge is 0.245 e. The van der Waals surface area contributed by atoms with Gasteiger partial charge in [0.1, 0.15) is 11.6 Å². The molecule has 21 heavy (non-hydrogen) atoms. The van der Waals surface area contributed by atoms with Crippen LogP contribution in [0, 0.1) is 11.6 Å². The van der Waals surface area contributed by atoms with Crippen LogP contribution in [0.2, 0.25) is 0 Å². The first-order chi connectivity index (χ1) is 10.0. The third-order valence-corrected chi connectivity index (χ3v) is 3.51. The molecule has 1 aromatic heterocycles. The van der Waals surface area contributed by atoms with Crippen LogP contribution in [-0.4, -0.2) is 40.4 Å². The highest BCUT2D eigenvalue weighted by Crippen LogP contribution is 2.24. The number of piperazine rings is 1. The zero-order valence-electron chi connectivity index (χ0n) is 11.9. The van der Waals surface area contributed by atoms with Crippen molar-refractivity contribution in [1.29, 1.82) is 0 Å². The molecule has 5 nitrogen and oxygen atoms in total. The highest BCUT2D eigenvalue weighted by atomic mass is 19.1. The van der Waals surface area contributed by atoms with Gasteiger partial charge in [-0.05, 0) is 26.0 Å². The summed E-state index contributed by atoms with van der Waals surface area (Å²) < 4.78 is 27.5. The summed E-state index contributed by atoms with van der Waals surface area (Å²) >= 11 is 0. The quantitative estimate of drug-likeness (QED) is 0.888. The van der Waals surface area contributed by atoms with Crippen molar-refractivity contribution in [3.63, 3.8) is 0 Å². The van der Waals surface area contributed by atoms with E-state index < -0.39 is 11.6 Å². The Hall–Kier alpha value is -2.02. The summed E-state index contributed by atoms with van der Waals surface area (Å²) in [6.45, 7) is 5.66. The van der Waals surface area contributed by atoms with Gasteiger partial charge in [-0.1, -0.05) is 6.07 Å². The molecule has 2 aromatic rings. The highest BCUT2D eigenvalue weighted by Gasteiger charge is 2.24. The van der Waals surface area contributed by atoms with E-state index in [-0.39, 0.29) is 11.4 Å². The first-order valence-corrected chi connectivity index (χ1v) is 6.92. The van der Waals surface area contributed by atoms with Gasteiger partial charge in [-0.15, -0.1) is 5.10 Å². The molecule has 0 saturated carbocycles. The van der Waals surface area contributed by atoms with Gasteiger partial charge in [0, 0.05) is 25.2 Å². The van der Waals surface area contributed by atoms with Crippen LogP contribution in [0.4, 0.5) is 14.7 Å². The van der Waals surface area contributed by atoms with Crippen molar-refractivity contribution in [3.8, 4) is 11.4 Å². The summed E-state index contributed by atoms with van der Waals surface area (Å²) in [5.41, 5.74) is -0.174. The Kier molecular flexibility index (Phi) is 3.59. The van der Waals surface area contributed by atoms with Crippen molar-refractivity contribution in [2.75, 3.05) is 18.0 Å². The normalized spacial score (nSPS) is 22.6. The number of aromatic nitrogens is 3. The van der Waals surface area contributed by atoms with E-state index in [4.69, 9.17) is 0 Å². The van der Waals surface area contributed by atoms with Gasteiger partial charge in [0.05, 0.1) is 5.56 Å². The van der Waals surface area contributed by atoms with E-state index in [2.05, 4.69) is 34.3 Å². The van der Waals surface area contributed by atoms with Crippen LogP contribution >= 0.6 is 0 Å². The average molecular weight is 293 g/mol. The number of anilines is 1. The molecule has 0 radical (unpaired) electrons. The second-order valence-corrected chi connectivity index (χ2v) is 5.45. The molecule has 1 aliphatic heterocycles. The SMILES string of the molecule is CC1CN(c2n[nH]c(-c3c(F)cccc3F)n2)CC(C)N1. The summed E-state index contributed by atoms with van der Waals surface area (Å²) in [6, 6.07) is 4.35. The molecule has 2 heterocycles. The Bertz CT molecular complexity index is 612. The van der Waals surface area contributed by atoms with E-state index in [1.54, 1.807) is 0 Å². The third kappa shape index (κ3) is 2.73. The number of rotatable bonds is 2. The van der Waals surface area contributed by atoms with Crippen LogP contribution in [-0.2, 0) is 0 Å². The largest absolute Gasteiger partial charge is 0.336 e. The first kappa shape index (κ1) is 13.9. The highest BCUT2D eigenvalue weighted by molar-refractivity contribution is 5.58. The van der Waals surface area contributed by atoms with Gasteiger partial charge in [-0.3, -0.25) is 5.10 Å². The fraction of sp³-hybridized carbons (Fsp3) is 0.429. The molecule has 2 atom stereocenters. The molecular formula is C14H17F2N5. The van der Waals surface area contributed by atoms with Gasteiger partial charge < -0.3 is 10.2 Å². The minimum atomic E-state index is -0.653. The van der Waals surface area contributed by atoms with E-state index in [9.17, 15) is 8.78 Å². The number of nitrogens with zero attached hydrogens (tertiary/aromatic N) is 3. The van der Waals surface area contributed by atoms with Crippen molar-refractivity contribution in [1.82, 2.24) is 20.5 Å². The molecule has 7 heteroatoms. The minimum absolute atomic E-state index is 0.111. The molecule has 1 fully saturated rings. The van der Waals surface area contributed by atoms with Gasteiger partial charge in [0.2, 0.25) is 5.95 Å². The number of aromatic amines is 1. The zero-order chi connectivity index (χ0) is 15.0. The third-order valence-electron chi connectivity index (χ3n) is 3.51. The lowest BCUT2D eigenvalue weighted by molar-refractivity contribution is 0.403. The second kappa shape index (κ2) is 5.40. The van der Waals surface area contributed by atoms with Crippen LogP contribution in [0.5, 0.6) is 0 Å². The van der Waals surface area contributed by atoms with Crippen molar-refractivity contribution in [2.24, 2.45) is 0 Å². The topological polar surface area (TPSA) is 56.8 Å². The molecule has 0 bridgehead atoms. The molecule has 0 amide bonds. The van der Waals surface area contributed by atoms with Gasteiger partial charge in [0.25, 0.3) is 0 Å². The standard InChI is InChI=1S/C14H17F2N5/c1-8-6-21(7-9(2)17-8)14-18-13(19-20-14)12-10(15)4-3-5-11(12)16/h3-5,8-9,17H,6-7H2,1-2H3,(H,18,19,20). The molecule has 0 spiro atoms. The number of hydrogen-bond donors (Lipinski definition) is 2. The maximum atomic E-state index is 13.8. The molecule has 112 valence electrons. The van der Waals surface area contributed by atoms with Crippen LogP contribution in [0.25, 0.3) is 11.4 Å². The van der Waals surface area contributed by atoms with E-state index in [1.165, 1.54) is 18.2 Å². The lowest BCUT2D eigenvalue weighted by atomic mass is 10.1. The van der Waals surface area contributed by atoms with Gasteiger partial charge in [-0.25, -0.2) is 8.78 Å². The van der Waals surface area contributed by atoms with Crippen LogP contribution in [0.1, 0.15) is 13.8 Å². The number of hydrogen-bond acceptors (Lipinski definition) is 4. The average Bonchev–Trinajstić information content (AvgIpc) is 2.87. The van der Waals surface area contributed by atoms with E-state index in [0.717, 1.165) is 13.1 Å². The minimum Gasteiger partial charge on any atom is -0.336 e. The van der Waals surface area contributed by atoms with Crippen LogP contribution in [0.15, 0.2) is 18.2 Å². The lowest BCUT2D eigenvalue weighted by Gasteiger charge is -2.35. The summed E-state index contributed by atoms with van der Waals surface area (Å²) in [7, 11) is 0. The van der Waals surface area contributed by atoms with Crippen molar-refractivity contribution >= 4 is 5.95 Å². The molecule has 3 rings (SSSR count). The molecule has 0 aliphatic carbocycles. The Labute approximate surface area is 121 Å². The molecule has 1 saturated heterocycles. The fourth-order valence-corrected chi connectivity index (χ4v) is 2.72. The predicted octanol–water partition coefficient (Wildman–Crippen LogP) is 1.94. The second-order valence-electron chi connectivity index (χ2n) is 5.45. The van der Waals surface area contributed by atoms with E-state index in [0.29, 0.717) is 18.0 Å². The Morgan fingerprint density at radius 2 is 1.76 bits per heavy atom. The van der Waals surface area contributed by atoms with E-state index in [1.807, 2.05) is 4.90 Å². The monoisotopic (exact) mass is 293 g/mol. The number of nitrogens with one attached hydrogen (secondary N) is 2. The molecule has 1 aromatic carbocycles. The van der Waals surface area contributed by atoms with Gasteiger partial charge >= 0.3 is 0 Å². The number of benzene rings is 1. The van der Waals surface area contributed by atoms with Crippen molar-refractivity contribution in [3.05, 3.63) is 29.8 Å². The summed E-state index contributed by atoms with van der Waals surface area (Å²) in [4.78, 5) is 6.25. The molecular weight excluding hydrogens is 276 g/mol. The Morgan fingerprint density at radius 1 is 1.14 bits per heavy atom. The van der Waals surface area contributed by atoms with E-state index >= 15 is 0 Å². The Morgan fingerprint density at radius 3 is 2.38 bits per heavy atom. The first-order valence-electron chi connectivity index (χ1n) is 6.92. The number of H-pyrrole nitrogens is 1.